The number of ether oxygens (including phenoxy) is 1. The Morgan fingerprint density at radius 1 is 0.976 bits per heavy atom. The van der Waals surface area contributed by atoms with E-state index in [9.17, 15) is 18.0 Å². The highest BCUT2D eigenvalue weighted by molar-refractivity contribution is 7.92. The summed E-state index contributed by atoms with van der Waals surface area (Å²) in [5.41, 5.74) is 2.22. The number of nitrogens with zero attached hydrogens (tertiary/aromatic N) is 2. The first kappa shape index (κ1) is 32.0. The summed E-state index contributed by atoms with van der Waals surface area (Å²) < 4.78 is 31.8. The number of benzene rings is 3. The lowest BCUT2D eigenvalue weighted by atomic mass is 10.0. The van der Waals surface area contributed by atoms with Gasteiger partial charge in [0.15, 0.2) is 0 Å². The van der Waals surface area contributed by atoms with Crippen LogP contribution in [0.1, 0.15) is 37.3 Å². The van der Waals surface area contributed by atoms with Crippen LogP contribution in [0.25, 0.3) is 0 Å². The fourth-order valence-corrected chi connectivity index (χ4v) is 5.56. The number of carbonyl (C=O) groups excluding carboxylic acids is 2. The van der Waals surface area contributed by atoms with Crippen molar-refractivity contribution in [3.8, 4) is 5.75 Å². The molecule has 0 radical (unpaired) electrons. The van der Waals surface area contributed by atoms with Crippen molar-refractivity contribution in [1.29, 1.82) is 0 Å². The molecule has 0 saturated heterocycles. The number of hydrogen-bond donors (Lipinski definition) is 1. The number of sulfonamides is 1. The molecule has 0 aliphatic carbocycles. The van der Waals surface area contributed by atoms with E-state index in [0.29, 0.717) is 29.4 Å². The van der Waals surface area contributed by atoms with Gasteiger partial charge in [0.25, 0.3) is 0 Å². The van der Waals surface area contributed by atoms with Crippen molar-refractivity contribution in [2.45, 2.75) is 45.2 Å². The number of hydrogen-bond acceptors (Lipinski definition) is 5. The first-order valence-electron chi connectivity index (χ1n) is 13.6. The van der Waals surface area contributed by atoms with E-state index in [4.69, 9.17) is 16.3 Å². The standard InChI is InChI=1S/C31H38ClN3O5S/c1-4-19-33-31(37)29(21-24-10-6-5-7-11-24)34(23-25-15-17-26(32)18-16-25)30(36)14-9-20-35(41(3,38)39)27-12-8-13-28(22-27)40-2/h5-8,10-13,15-18,22,29H,4,9,14,19-21,23H2,1-3H3,(H,33,37)/t29-/m1/s1. The van der Waals surface area contributed by atoms with Gasteiger partial charge in [-0.2, -0.15) is 0 Å². The summed E-state index contributed by atoms with van der Waals surface area (Å²) >= 11 is 6.09. The van der Waals surface area contributed by atoms with Crippen LogP contribution in [0.15, 0.2) is 78.9 Å². The minimum Gasteiger partial charge on any atom is -0.497 e. The highest BCUT2D eigenvalue weighted by Crippen LogP contribution is 2.24. The molecule has 3 aromatic rings. The average molecular weight is 600 g/mol. The molecule has 8 nitrogen and oxygen atoms in total. The maximum atomic E-state index is 13.8. The third-order valence-electron chi connectivity index (χ3n) is 6.58. The lowest BCUT2D eigenvalue weighted by molar-refractivity contribution is -0.141. The Morgan fingerprint density at radius 2 is 1.68 bits per heavy atom. The number of anilines is 1. The number of methoxy groups -OCH3 is 1. The summed E-state index contributed by atoms with van der Waals surface area (Å²) in [7, 11) is -2.10. The van der Waals surface area contributed by atoms with Gasteiger partial charge in [-0.15, -0.1) is 0 Å². The third kappa shape index (κ3) is 9.79. The van der Waals surface area contributed by atoms with Gasteiger partial charge in [-0.05, 0) is 48.2 Å². The number of amides is 2. The van der Waals surface area contributed by atoms with Crippen molar-refractivity contribution in [1.82, 2.24) is 10.2 Å². The van der Waals surface area contributed by atoms with Crippen LogP contribution in [0.4, 0.5) is 5.69 Å². The largest absolute Gasteiger partial charge is 0.497 e. The summed E-state index contributed by atoms with van der Waals surface area (Å²) in [5.74, 6) is 0.0574. The zero-order valence-electron chi connectivity index (χ0n) is 23.8. The minimum atomic E-state index is -3.62. The second-order valence-corrected chi connectivity index (χ2v) is 12.1. The summed E-state index contributed by atoms with van der Waals surface area (Å²) in [6, 6.07) is 22.8. The minimum absolute atomic E-state index is 0.0515. The molecule has 1 N–H and O–H groups in total. The highest BCUT2D eigenvalue weighted by atomic mass is 35.5. The van der Waals surface area contributed by atoms with Crippen LogP contribution in [0.3, 0.4) is 0 Å². The van der Waals surface area contributed by atoms with E-state index in [1.165, 1.54) is 11.4 Å². The van der Waals surface area contributed by atoms with Gasteiger partial charge in [0, 0.05) is 43.6 Å². The zero-order chi connectivity index (χ0) is 29.8. The molecule has 1 atom stereocenters. The normalized spacial score (nSPS) is 11.9. The van der Waals surface area contributed by atoms with E-state index in [-0.39, 0.29) is 37.7 Å². The Bertz CT molecular complexity index is 1380. The van der Waals surface area contributed by atoms with Crippen LogP contribution in [0.2, 0.25) is 5.02 Å². The molecule has 0 aliphatic heterocycles. The van der Waals surface area contributed by atoms with Gasteiger partial charge in [0.05, 0.1) is 19.1 Å². The molecule has 41 heavy (non-hydrogen) atoms. The molecule has 0 heterocycles. The van der Waals surface area contributed by atoms with Gasteiger partial charge in [-0.3, -0.25) is 13.9 Å². The zero-order valence-corrected chi connectivity index (χ0v) is 25.3. The number of halogens is 1. The Labute approximate surface area is 248 Å². The van der Waals surface area contributed by atoms with Crippen LogP contribution in [-0.2, 0) is 32.6 Å². The molecule has 0 spiro atoms. The molecule has 0 saturated carbocycles. The average Bonchev–Trinajstić information content (AvgIpc) is 2.96. The van der Waals surface area contributed by atoms with Crippen molar-refractivity contribution in [2.24, 2.45) is 0 Å². The second kappa shape index (κ2) is 15.4. The summed E-state index contributed by atoms with van der Waals surface area (Å²) in [5, 5.41) is 3.53. The van der Waals surface area contributed by atoms with Gasteiger partial charge in [-0.25, -0.2) is 8.42 Å². The molecule has 2 amide bonds. The molecule has 3 aromatic carbocycles. The number of nitrogens with one attached hydrogen (secondary N) is 1. The molecule has 220 valence electrons. The lowest BCUT2D eigenvalue weighted by Gasteiger charge is -2.32. The van der Waals surface area contributed by atoms with Crippen molar-refractivity contribution in [3.63, 3.8) is 0 Å². The molecular formula is C31H38ClN3O5S. The van der Waals surface area contributed by atoms with E-state index in [1.54, 1.807) is 41.3 Å². The highest BCUT2D eigenvalue weighted by Gasteiger charge is 2.30. The molecular weight excluding hydrogens is 562 g/mol. The van der Waals surface area contributed by atoms with Gasteiger partial charge < -0.3 is 15.0 Å². The summed E-state index contributed by atoms with van der Waals surface area (Å²) in [6.07, 6.45) is 2.55. The van der Waals surface area contributed by atoms with Gasteiger partial charge in [0.1, 0.15) is 11.8 Å². The van der Waals surface area contributed by atoms with Crippen LogP contribution < -0.4 is 14.4 Å². The predicted octanol–water partition coefficient (Wildman–Crippen LogP) is 5.06. The van der Waals surface area contributed by atoms with Crippen molar-refractivity contribution < 1.29 is 22.7 Å². The van der Waals surface area contributed by atoms with E-state index < -0.39 is 16.1 Å². The molecule has 0 aliphatic rings. The predicted molar refractivity (Wildman–Crippen MR) is 164 cm³/mol. The molecule has 0 bridgehead atoms. The summed E-state index contributed by atoms with van der Waals surface area (Å²) in [4.78, 5) is 28.8. The molecule has 0 aromatic heterocycles. The number of carbonyl (C=O) groups is 2. The van der Waals surface area contributed by atoms with E-state index in [2.05, 4.69) is 5.32 Å². The lowest BCUT2D eigenvalue weighted by Crippen LogP contribution is -2.50. The quantitative estimate of drug-likeness (QED) is 0.263. The first-order valence-corrected chi connectivity index (χ1v) is 15.8. The van der Waals surface area contributed by atoms with Gasteiger partial charge in [-0.1, -0.05) is 67.1 Å². The molecule has 3 rings (SSSR count). The van der Waals surface area contributed by atoms with Crippen LogP contribution in [0.5, 0.6) is 5.75 Å². The van der Waals surface area contributed by atoms with Gasteiger partial charge in [0.2, 0.25) is 21.8 Å². The topological polar surface area (TPSA) is 96.0 Å². The fourth-order valence-electron chi connectivity index (χ4n) is 4.48. The monoisotopic (exact) mass is 599 g/mol. The second-order valence-electron chi connectivity index (χ2n) is 9.78. The first-order chi connectivity index (χ1) is 19.6. The Morgan fingerprint density at radius 3 is 2.32 bits per heavy atom. The Hall–Kier alpha value is -3.56. The number of rotatable bonds is 15. The van der Waals surface area contributed by atoms with E-state index >= 15 is 0 Å². The van der Waals surface area contributed by atoms with Crippen LogP contribution in [0, 0.1) is 0 Å². The molecule has 0 unspecified atom stereocenters. The maximum Gasteiger partial charge on any atom is 0.243 e. The van der Waals surface area contributed by atoms with Crippen molar-refractivity contribution >= 4 is 39.1 Å². The molecule has 10 heteroatoms. The van der Waals surface area contributed by atoms with Crippen LogP contribution in [-0.4, -0.2) is 57.6 Å². The Balaban J connectivity index is 1.86. The SMILES string of the molecule is CCCNC(=O)[C@@H](Cc1ccccc1)N(Cc1ccc(Cl)cc1)C(=O)CCCN(c1cccc(OC)c1)S(C)(=O)=O. The van der Waals surface area contributed by atoms with E-state index in [0.717, 1.165) is 23.8 Å². The maximum absolute atomic E-state index is 13.8. The smallest absolute Gasteiger partial charge is 0.243 e. The molecule has 0 fully saturated rings. The summed E-state index contributed by atoms with van der Waals surface area (Å²) in [6.45, 7) is 2.77. The van der Waals surface area contributed by atoms with Crippen LogP contribution >= 0.6 is 11.6 Å². The fraction of sp³-hybridized carbons (Fsp3) is 0.355. The third-order valence-corrected chi connectivity index (χ3v) is 8.03. The van der Waals surface area contributed by atoms with Crippen molar-refractivity contribution in [3.05, 3.63) is 95.0 Å². The van der Waals surface area contributed by atoms with Crippen molar-refractivity contribution in [2.75, 3.05) is 30.8 Å². The Kier molecular flexibility index (Phi) is 12.0. The van der Waals surface area contributed by atoms with Gasteiger partial charge >= 0.3 is 0 Å². The van der Waals surface area contributed by atoms with E-state index in [1.807, 2.05) is 49.4 Å².